The average molecular weight is 478 g/mol. The SMILES string of the molecule is CCOc1c(Br)cc(C(=O)N(Cc2ccccc2OC)CC2CCCO2)cc1OC. The van der Waals surface area contributed by atoms with Gasteiger partial charge in [0.1, 0.15) is 5.75 Å². The Hall–Kier alpha value is -2.25. The monoisotopic (exact) mass is 477 g/mol. The number of benzene rings is 2. The van der Waals surface area contributed by atoms with Crippen LogP contribution in [0.5, 0.6) is 17.2 Å². The highest BCUT2D eigenvalue weighted by atomic mass is 79.9. The predicted octanol–water partition coefficient (Wildman–Crippen LogP) is 4.69. The molecule has 0 bridgehead atoms. The number of nitrogens with zero attached hydrogens (tertiary/aromatic N) is 1. The van der Waals surface area contributed by atoms with E-state index in [1.807, 2.05) is 36.1 Å². The van der Waals surface area contributed by atoms with Crippen molar-refractivity contribution in [1.29, 1.82) is 0 Å². The van der Waals surface area contributed by atoms with Gasteiger partial charge < -0.3 is 23.8 Å². The molecule has 1 heterocycles. The van der Waals surface area contributed by atoms with Crippen molar-refractivity contribution in [2.24, 2.45) is 0 Å². The molecule has 0 aliphatic carbocycles. The molecule has 6 nitrogen and oxygen atoms in total. The Bertz CT molecular complexity index is 867. The number of para-hydroxylation sites is 1. The molecule has 0 saturated carbocycles. The topological polar surface area (TPSA) is 57.2 Å². The number of ether oxygens (including phenoxy) is 4. The van der Waals surface area contributed by atoms with E-state index in [4.69, 9.17) is 18.9 Å². The van der Waals surface area contributed by atoms with Gasteiger partial charge in [-0.2, -0.15) is 0 Å². The first-order valence-electron chi connectivity index (χ1n) is 10.1. The van der Waals surface area contributed by atoms with Gasteiger partial charge in [-0.15, -0.1) is 0 Å². The van der Waals surface area contributed by atoms with Crippen molar-refractivity contribution >= 4 is 21.8 Å². The van der Waals surface area contributed by atoms with E-state index in [1.165, 1.54) is 0 Å². The van der Waals surface area contributed by atoms with E-state index in [9.17, 15) is 4.79 Å². The van der Waals surface area contributed by atoms with Crippen molar-refractivity contribution in [2.75, 3.05) is 34.0 Å². The molecule has 1 fully saturated rings. The summed E-state index contributed by atoms with van der Waals surface area (Å²) >= 11 is 3.51. The third-order valence-electron chi connectivity index (χ3n) is 5.05. The van der Waals surface area contributed by atoms with E-state index in [0.717, 1.165) is 30.8 Å². The Morgan fingerprint density at radius 3 is 2.63 bits per heavy atom. The highest BCUT2D eigenvalue weighted by Gasteiger charge is 2.26. The van der Waals surface area contributed by atoms with Crippen LogP contribution in [0.1, 0.15) is 35.7 Å². The normalized spacial score (nSPS) is 15.7. The molecule has 1 amide bonds. The van der Waals surface area contributed by atoms with Crippen molar-refractivity contribution in [3.63, 3.8) is 0 Å². The minimum absolute atomic E-state index is 0.0386. The zero-order valence-electron chi connectivity index (χ0n) is 17.7. The van der Waals surface area contributed by atoms with Crippen LogP contribution in [0.3, 0.4) is 0 Å². The lowest BCUT2D eigenvalue weighted by Gasteiger charge is -2.27. The van der Waals surface area contributed by atoms with Crippen molar-refractivity contribution in [3.05, 3.63) is 52.0 Å². The summed E-state index contributed by atoms with van der Waals surface area (Å²) in [5.74, 6) is 1.77. The maximum atomic E-state index is 13.5. The number of hydrogen-bond acceptors (Lipinski definition) is 5. The molecule has 1 atom stereocenters. The first-order valence-corrected chi connectivity index (χ1v) is 10.9. The van der Waals surface area contributed by atoms with Gasteiger partial charge in [0.25, 0.3) is 5.91 Å². The Labute approximate surface area is 186 Å². The highest BCUT2D eigenvalue weighted by Crippen LogP contribution is 2.37. The lowest BCUT2D eigenvalue weighted by molar-refractivity contribution is 0.0505. The molecule has 162 valence electrons. The lowest BCUT2D eigenvalue weighted by Crippen LogP contribution is -2.37. The van der Waals surface area contributed by atoms with Crippen LogP contribution >= 0.6 is 15.9 Å². The summed E-state index contributed by atoms with van der Waals surface area (Å²) in [6.45, 7) is 4.09. The van der Waals surface area contributed by atoms with Crippen LogP contribution in [-0.2, 0) is 11.3 Å². The van der Waals surface area contributed by atoms with E-state index in [1.54, 1.807) is 26.4 Å². The van der Waals surface area contributed by atoms with Crippen molar-refractivity contribution in [1.82, 2.24) is 4.90 Å². The number of methoxy groups -OCH3 is 2. The maximum Gasteiger partial charge on any atom is 0.254 e. The summed E-state index contributed by atoms with van der Waals surface area (Å²) in [5.41, 5.74) is 1.47. The maximum absolute atomic E-state index is 13.5. The van der Waals surface area contributed by atoms with Crippen molar-refractivity contribution in [2.45, 2.75) is 32.4 Å². The van der Waals surface area contributed by atoms with Crippen LogP contribution in [0.25, 0.3) is 0 Å². The van der Waals surface area contributed by atoms with E-state index >= 15 is 0 Å². The molecule has 0 spiro atoms. The number of halogens is 1. The number of hydrogen-bond donors (Lipinski definition) is 0. The van der Waals surface area contributed by atoms with Gasteiger partial charge in [0.05, 0.1) is 31.4 Å². The molecular weight excluding hydrogens is 450 g/mol. The standard InChI is InChI=1S/C23H28BrNO5/c1-4-29-22-19(24)12-17(13-21(22)28-3)23(26)25(15-18-9-7-11-30-18)14-16-8-5-6-10-20(16)27-2/h5-6,8,10,12-13,18H,4,7,9,11,14-15H2,1-3H3. The summed E-state index contributed by atoms with van der Waals surface area (Å²) < 4.78 is 23.1. The van der Waals surface area contributed by atoms with Crippen LogP contribution in [-0.4, -0.2) is 50.9 Å². The second kappa shape index (κ2) is 10.7. The first-order chi connectivity index (χ1) is 14.6. The van der Waals surface area contributed by atoms with Crippen LogP contribution < -0.4 is 14.2 Å². The molecule has 30 heavy (non-hydrogen) atoms. The zero-order chi connectivity index (χ0) is 21.5. The molecule has 0 radical (unpaired) electrons. The van der Waals surface area contributed by atoms with E-state index in [2.05, 4.69) is 15.9 Å². The molecule has 1 aliphatic heterocycles. The quantitative estimate of drug-likeness (QED) is 0.524. The highest BCUT2D eigenvalue weighted by molar-refractivity contribution is 9.10. The van der Waals surface area contributed by atoms with Gasteiger partial charge in [0.15, 0.2) is 11.5 Å². The van der Waals surface area contributed by atoms with Gasteiger partial charge in [-0.1, -0.05) is 18.2 Å². The van der Waals surface area contributed by atoms with Gasteiger partial charge in [-0.25, -0.2) is 0 Å². The molecule has 2 aromatic carbocycles. The van der Waals surface area contributed by atoms with Crippen molar-refractivity contribution in [3.8, 4) is 17.2 Å². The van der Waals surface area contributed by atoms with Gasteiger partial charge in [-0.3, -0.25) is 4.79 Å². The molecule has 0 N–H and O–H groups in total. The fourth-order valence-electron chi connectivity index (χ4n) is 3.60. The summed E-state index contributed by atoms with van der Waals surface area (Å²) in [6.07, 6.45) is 2.01. The number of amides is 1. The summed E-state index contributed by atoms with van der Waals surface area (Å²) in [5, 5.41) is 0. The summed E-state index contributed by atoms with van der Waals surface area (Å²) in [6, 6.07) is 11.2. The van der Waals surface area contributed by atoms with E-state index < -0.39 is 0 Å². The second-order valence-corrected chi connectivity index (χ2v) is 7.91. The number of carbonyl (C=O) groups excluding carboxylic acids is 1. The van der Waals surface area contributed by atoms with Crippen LogP contribution in [0.4, 0.5) is 0 Å². The predicted molar refractivity (Wildman–Crippen MR) is 119 cm³/mol. The minimum Gasteiger partial charge on any atom is -0.496 e. The summed E-state index contributed by atoms with van der Waals surface area (Å²) in [4.78, 5) is 15.4. The van der Waals surface area contributed by atoms with Gasteiger partial charge in [-0.05, 0) is 53.9 Å². The Kier molecular flexibility index (Phi) is 7.99. The Morgan fingerprint density at radius 1 is 1.20 bits per heavy atom. The molecule has 2 aromatic rings. The third kappa shape index (κ3) is 5.26. The zero-order valence-corrected chi connectivity index (χ0v) is 19.2. The van der Waals surface area contributed by atoms with E-state index in [0.29, 0.717) is 41.2 Å². The average Bonchev–Trinajstić information content (AvgIpc) is 3.27. The third-order valence-corrected chi connectivity index (χ3v) is 5.64. The molecular formula is C23H28BrNO5. The van der Waals surface area contributed by atoms with Crippen LogP contribution in [0.2, 0.25) is 0 Å². The molecule has 7 heteroatoms. The molecule has 1 saturated heterocycles. The van der Waals surface area contributed by atoms with Crippen molar-refractivity contribution < 1.29 is 23.7 Å². The molecule has 1 aliphatic rings. The Morgan fingerprint density at radius 2 is 1.97 bits per heavy atom. The van der Waals surface area contributed by atoms with E-state index in [-0.39, 0.29) is 12.0 Å². The Balaban J connectivity index is 1.92. The molecule has 1 unspecified atom stereocenters. The fraction of sp³-hybridized carbons (Fsp3) is 0.435. The summed E-state index contributed by atoms with van der Waals surface area (Å²) in [7, 11) is 3.21. The fourth-order valence-corrected chi connectivity index (χ4v) is 4.16. The number of rotatable bonds is 9. The van der Waals surface area contributed by atoms with Gasteiger partial charge in [0.2, 0.25) is 0 Å². The second-order valence-electron chi connectivity index (χ2n) is 7.06. The minimum atomic E-state index is -0.0987. The largest absolute Gasteiger partial charge is 0.496 e. The van der Waals surface area contributed by atoms with Gasteiger partial charge >= 0.3 is 0 Å². The molecule has 3 rings (SSSR count). The molecule has 0 aromatic heterocycles. The lowest BCUT2D eigenvalue weighted by atomic mass is 10.1. The smallest absolute Gasteiger partial charge is 0.254 e. The first kappa shape index (κ1) is 22.4. The van der Waals surface area contributed by atoms with Crippen LogP contribution in [0, 0.1) is 0 Å². The van der Waals surface area contributed by atoms with Gasteiger partial charge in [0, 0.05) is 30.8 Å². The number of carbonyl (C=O) groups is 1. The van der Waals surface area contributed by atoms with Crippen LogP contribution in [0.15, 0.2) is 40.9 Å².